The molecule has 2 rings (SSSR count). The van der Waals surface area contributed by atoms with Gasteiger partial charge in [0.15, 0.2) is 5.84 Å². The molecule has 21 heavy (non-hydrogen) atoms. The van der Waals surface area contributed by atoms with Gasteiger partial charge in [-0.1, -0.05) is 19.0 Å². The number of hydrogen-bond acceptors (Lipinski definition) is 4. The summed E-state index contributed by atoms with van der Waals surface area (Å²) in [5.74, 6) is 0.932. The smallest absolute Gasteiger partial charge is 0.236 e. The van der Waals surface area contributed by atoms with Gasteiger partial charge in [-0.05, 0) is 31.6 Å². The summed E-state index contributed by atoms with van der Waals surface area (Å²) in [6, 6.07) is 0. The van der Waals surface area contributed by atoms with E-state index in [4.69, 9.17) is 10.9 Å². The van der Waals surface area contributed by atoms with Crippen molar-refractivity contribution in [1.82, 2.24) is 9.80 Å². The molecular formula is C15H28N4O2. The Balaban J connectivity index is 1.98. The quantitative estimate of drug-likeness (QED) is 0.333. The van der Waals surface area contributed by atoms with Gasteiger partial charge < -0.3 is 15.8 Å². The zero-order valence-corrected chi connectivity index (χ0v) is 13.2. The van der Waals surface area contributed by atoms with E-state index in [1.54, 1.807) is 0 Å². The van der Waals surface area contributed by atoms with Crippen LogP contribution in [0.2, 0.25) is 0 Å². The number of oxime groups is 1. The third kappa shape index (κ3) is 3.31. The Kier molecular flexibility index (Phi) is 5.08. The van der Waals surface area contributed by atoms with Gasteiger partial charge in [-0.3, -0.25) is 9.69 Å². The first-order valence-electron chi connectivity index (χ1n) is 8.07. The molecule has 0 radical (unpaired) electrons. The molecule has 0 spiro atoms. The number of nitrogens with zero attached hydrogens (tertiary/aromatic N) is 3. The Hall–Kier alpha value is -1.30. The fourth-order valence-electron chi connectivity index (χ4n) is 3.22. The van der Waals surface area contributed by atoms with E-state index in [-0.39, 0.29) is 11.7 Å². The summed E-state index contributed by atoms with van der Waals surface area (Å²) in [6.07, 6.45) is 3.83. The summed E-state index contributed by atoms with van der Waals surface area (Å²) in [7, 11) is 0. The van der Waals surface area contributed by atoms with Crippen LogP contribution < -0.4 is 5.73 Å². The van der Waals surface area contributed by atoms with E-state index < -0.39 is 5.41 Å². The van der Waals surface area contributed by atoms with Crippen molar-refractivity contribution in [2.24, 2.45) is 22.2 Å². The maximum Gasteiger partial charge on any atom is 0.236 e. The standard InChI is InChI=1S/C15H28N4O2/c1-3-15(4-2,13(16)17-21)14(20)19-9-7-18(8-10-19)11-12-5-6-12/h12,21H,3-11H2,1-2H3,(H2,16,17). The van der Waals surface area contributed by atoms with Crippen molar-refractivity contribution in [2.45, 2.75) is 39.5 Å². The second-order valence-corrected chi connectivity index (χ2v) is 6.31. The van der Waals surface area contributed by atoms with Crippen molar-refractivity contribution in [3.63, 3.8) is 0 Å². The van der Waals surface area contributed by atoms with E-state index >= 15 is 0 Å². The van der Waals surface area contributed by atoms with E-state index in [9.17, 15) is 4.79 Å². The molecule has 1 amide bonds. The van der Waals surface area contributed by atoms with Gasteiger partial charge >= 0.3 is 0 Å². The largest absolute Gasteiger partial charge is 0.409 e. The third-order valence-corrected chi connectivity index (χ3v) is 5.09. The number of hydrogen-bond donors (Lipinski definition) is 2. The molecule has 0 aromatic carbocycles. The Morgan fingerprint density at radius 2 is 1.81 bits per heavy atom. The minimum Gasteiger partial charge on any atom is -0.409 e. The first-order valence-corrected chi connectivity index (χ1v) is 8.07. The van der Waals surface area contributed by atoms with Gasteiger partial charge in [-0.25, -0.2) is 0 Å². The van der Waals surface area contributed by atoms with E-state index in [1.807, 2.05) is 18.7 Å². The fraction of sp³-hybridized carbons (Fsp3) is 0.867. The summed E-state index contributed by atoms with van der Waals surface area (Å²) >= 11 is 0. The molecular weight excluding hydrogens is 268 g/mol. The van der Waals surface area contributed by atoms with Crippen LogP contribution in [0, 0.1) is 11.3 Å². The summed E-state index contributed by atoms with van der Waals surface area (Å²) in [5.41, 5.74) is 4.97. The lowest BCUT2D eigenvalue weighted by atomic mass is 9.79. The van der Waals surface area contributed by atoms with E-state index in [2.05, 4.69) is 10.1 Å². The molecule has 120 valence electrons. The summed E-state index contributed by atoms with van der Waals surface area (Å²) < 4.78 is 0. The van der Waals surface area contributed by atoms with Crippen molar-refractivity contribution < 1.29 is 10.0 Å². The SMILES string of the molecule is CCC(CC)(C(=O)N1CCN(CC2CC2)CC1)C(N)=NO. The van der Waals surface area contributed by atoms with Gasteiger partial charge in [0, 0.05) is 32.7 Å². The molecule has 0 unspecified atom stereocenters. The van der Waals surface area contributed by atoms with Gasteiger partial charge in [0.2, 0.25) is 5.91 Å². The van der Waals surface area contributed by atoms with Crippen LogP contribution in [0.4, 0.5) is 0 Å². The van der Waals surface area contributed by atoms with Crippen LogP contribution in [0.5, 0.6) is 0 Å². The first-order chi connectivity index (χ1) is 10.1. The normalized spacial score (nSPS) is 21.6. The lowest BCUT2D eigenvalue weighted by molar-refractivity contribution is -0.140. The second-order valence-electron chi connectivity index (χ2n) is 6.31. The number of carbonyl (C=O) groups excluding carboxylic acids is 1. The highest BCUT2D eigenvalue weighted by Crippen LogP contribution is 2.32. The van der Waals surface area contributed by atoms with Crippen LogP contribution in [-0.2, 0) is 4.79 Å². The molecule has 1 heterocycles. The Labute approximate surface area is 127 Å². The molecule has 1 saturated heterocycles. The predicted molar refractivity (Wildman–Crippen MR) is 82.2 cm³/mol. The lowest BCUT2D eigenvalue weighted by Crippen LogP contribution is -2.56. The highest BCUT2D eigenvalue weighted by Gasteiger charge is 2.43. The minimum atomic E-state index is -0.854. The van der Waals surface area contributed by atoms with Crippen molar-refractivity contribution in [3.05, 3.63) is 0 Å². The predicted octanol–water partition coefficient (Wildman–Crippen LogP) is 1.09. The van der Waals surface area contributed by atoms with E-state index in [0.29, 0.717) is 12.8 Å². The highest BCUT2D eigenvalue weighted by atomic mass is 16.4. The zero-order valence-electron chi connectivity index (χ0n) is 13.2. The summed E-state index contributed by atoms with van der Waals surface area (Å²) in [4.78, 5) is 17.2. The Bertz CT molecular complexity index is 394. The van der Waals surface area contributed by atoms with Crippen molar-refractivity contribution in [1.29, 1.82) is 0 Å². The molecule has 1 saturated carbocycles. The molecule has 0 aromatic rings. The average Bonchev–Trinajstić information content (AvgIpc) is 3.33. The molecule has 2 fully saturated rings. The van der Waals surface area contributed by atoms with E-state index in [1.165, 1.54) is 19.4 Å². The third-order valence-electron chi connectivity index (χ3n) is 5.09. The molecule has 1 aliphatic carbocycles. The second kappa shape index (κ2) is 6.64. The molecule has 6 heteroatoms. The maximum absolute atomic E-state index is 12.9. The molecule has 1 aliphatic heterocycles. The zero-order chi connectivity index (χ0) is 15.5. The number of carbonyl (C=O) groups is 1. The van der Waals surface area contributed by atoms with Crippen LogP contribution in [0.25, 0.3) is 0 Å². The topological polar surface area (TPSA) is 82.2 Å². The van der Waals surface area contributed by atoms with Crippen LogP contribution in [0.15, 0.2) is 5.16 Å². The number of piperazine rings is 1. The number of amides is 1. The molecule has 0 atom stereocenters. The Morgan fingerprint density at radius 3 is 2.24 bits per heavy atom. The molecule has 3 N–H and O–H groups in total. The van der Waals surface area contributed by atoms with Gasteiger partial charge in [0.25, 0.3) is 0 Å². The molecule has 0 aromatic heterocycles. The van der Waals surface area contributed by atoms with Gasteiger partial charge in [0.1, 0.15) is 5.41 Å². The van der Waals surface area contributed by atoms with Crippen LogP contribution in [-0.4, -0.2) is 59.5 Å². The first kappa shape index (κ1) is 16.1. The van der Waals surface area contributed by atoms with E-state index in [0.717, 1.165) is 32.1 Å². The molecule has 6 nitrogen and oxygen atoms in total. The van der Waals surface area contributed by atoms with Crippen LogP contribution in [0.3, 0.4) is 0 Å². The fourth-order valence-corrected chi connectivity index (χ4v) is 3.22. The minimum absolute atomic E-state index is 0.00821. The number of rotatable bonds is 6. The summed E-state index contributed by atoms with van der Waals surface area (Å²) in [6.45, 7) is 8.36. The van der Waals surface area contributed by atoms with Crippen molar-refractivity contribution in [2.75, 3.05) is 32.7 Å². The monoisotopic (exact) mass is 296 g/mol. The lowest BCUT2D eigenvalue weighted by Gasteiger charge is -2.40. The number of amidine groups is 1. The maximum atomic E-state index is 12.9. The van der Waals surface area contributed by atoms with Gasteiger partial charge in [-0.2, -0.15) is 0 Å². The van der Waals surface area contributed by atoms with Gasteiger partial charge in [-0.15, -0.1) is 0 Å². The highest BCUT2D eigenvalue weighted by molar-refractivity contribution is 6.06. The molecule has 2 aliphatic rings. The van der Waals surface area contributed by atoms with Crippen LogP contribution >= 0.6 is 0 Å². The summed E-state index contributed by atoms with van der Waals surface area (Å²) in [5, 5.41) is 12.1. The number of nitrogens with two attached hydrogens (primary N) is 1. The van der Waals surface area contributed by atoms with Crippen molar-refractivity contribution in [3.8, 4) is 0 Å². The van der Waals surface area contributed by atoms with Crippen molar-refractivity contribution >= 4 is 11.7 Å². The van der Waals surface area contributed by atoms with Crippen LogP contribution in [0.1, 0.15) is 39.5 Å². The Morgan fingerprint density at radius 1 is 1.24 bits per heavy atom. The van der Waals surface area contributed by atoms with Gasteiger partial charge in [0.05, 0.1) is 0 Å². The molecule has 0 bridgehead atoms. The average molecular weight is 296 g/mol.